The monoisotopic (exact) mass is 387 g/mol. The summed E-state index contributed by atoms with van der Waals surface area (Å²) in [6.45, 7) is 2.37. The molecule has 0 unspecified atom stereocenters. The normalized spacial score (nSPS) is 15.1. The molecule has 2 heterocycles. The summed E-state index contributed by atoms with van der Waals surface area (Å²) in [5.41, 5.74) is 1.89. The minimum Gasteiger partial charge on any atom is -0.407 e. The quantitative estimate of drug-likeness (QED) is 0.699. The average Bonchev–Trinajstić information content (AvgIpc) is 2.97. The van der Waals surface area contributed by atoms with E-state index in [9.17, 15) is 18.0 Å². The molecule has 8 nitrogen and oxygen atoms in total. The van der Waals surface area contributed by atoms with Gasteiger partial charge in [-0.2, -0.15) is 0 Å². The number of likely N-dealkylation sites (tertiary alicyclic amines) is 1. The number of hydrogen-bond donors (Lipinski definition) is 2. The Morgan fingerprint density at radius 2 is 1.89 bits per heavy atom. The molecule has 3 aromatic rings. The molecule has 0 atom stereocenters. The number of sulfonamides is 1. The van der Waals surface area contributed by atoms with Crippen LogP contribution in [0.25, 0.3) is 11.1 Å². The second-order valence-electron chi connectivity index (χ2n) is 6.54. The van der Waals surface area contributed by atoms with Gasteiger partial charge in [0, 0.05) is 13.1 Å². The van der Waals surface area contributed by atoms with E-state index in [1.165, 1.54) is 4.90 Å². The Balaban J connectivity index is 1.45. The van der Waals surface area contributed by atoms with Gasteiger partial charge in [0.05, 0.1) is 22.0 Å². The van der Waals surface area contributed by atoms with Crippen LogP contribution in [0.3, 0.4) is 0 Å². The first-order valence-electron chi connectivity index (χ1n) is 8.33. The van der Waals surface area contributed by atoms with E-state index < -0.39 is 15.8 Å². The summed E-state index contributed by atoms with van der Waals surface area (Å²) in [5.74, 6) is -0.938. The predicted octanol–water partition coefficient (Wildman–Crippen LogP) is 1.23. The van der Waals surface area contributed by atoms with Gasteiger partial charge in [-0.05, 0) is 31.2 Å². The molecule has 1 fully saturated rings. The van der Waals surface area contributed by atoms with E-state index in [1.807, 2.05) is 6.92 Å². The number of para-hydroxylation sites is 1. The van der Waals surface area contributed by atoms with Gasteiger partial charge in [0.1, 0.15) is 0 Å². The van der Waals surface area contributed by atoms with Gasteiger partial charge in [0.15, 0.2) is 5.58 Å². The number of aryl methyl sites for hydroxylation is 1. The molecule has 2 N–H and O–H groups in total. The second kappa shape index (κ2) is 6.36. The third-order valence-electron chi connectivity index (χ3n) is 4.50. The zero-order chi connectivity index (χ0) is 19.2. The highest BCUT2D eigenvalue weighted by atomic mass is 32.2. The maximum atomic E-state index is 12.6. The summed E-state index contributed by atoms with van der Waals surface area (Å²) in [6.07, 6.45) is 0. The van der Waals surface area contributed by atoms with Gasteiger partial charge >= 0.3 is 5.76 Å². The van der Waals surface area contributed by atoms with Crippen LogP contribution in [0.4, 0.5) is 0 Å². The number of rotatable bonds is 4. The average molecular weight is 387 g/mol. The molecule has 1 aliphatic heterocycles. The molecule has 0 aliphatic carbocycles. The van der Waals surface area contributed by atoms with Crippen LogP contribution in [-0.2, 0) is 10.0 Å². The van der Waals surface area contributed by atoms with E-state index in [-0.39, 0.29) is 41.1 Å². The lowest BCUT2D eigenvalue weighted by molar-refractivity contribution is 0.0592. The van der Waals surface area contributed by atoms with Crippen molar-refractivity contribution in [3.63, 3.8) is 0 Å². The summed E-state index contributed by atoms with van der Waals surface area (Å²) in [5, 5.41) is 0. The molecule has 1 amide bonds. The molecule has 27 heavy (non-hydrogen) atoms. The van der Waals surface area contributed by atoms with Gasteiger partial charge in [-0.1, -0.05) is 23.8 Å². The molecular weight excluding hydrogens is 370 g/mol. The SMILES string of the molecule is Cc1ccc(S(=O)(=O)NC2CN(C(=O)c3cccc4[nH]c(=O)oc34)C2)cc1. The van der Waals surface area contributed by atoms with Crippen molar-refractivity contribution in [3.05, 3.63) is 64.1 Å². The maximum absolute atomic E-state index is 12.6. The van der Waals surface area contributed by atoms with Gasteiger partial charge in [-0.3, -0.25) is 9.78 Å². The summed E-state index contributed by atoms with van der Waals surface area (Å²) in [6, 6.07) is 11.1. The number of carbonyl (C=O) groups excluding carboxylic acids is 1. The fraction of sp³-hybridized carbons (Fsp3) is 0.222. The Hall–Kier alpha value is -2.91. The maximum Gasteiger partial charge on any atom is 0.417 e. The van der Waals surface area contributed by atoms with Gasteiger partial charge in [-0.25, -0.2) is 17.9 Å². The number of H-pyrrole nitrogens is 1. The molecule has 0 radical (unpaired) electrons. The Morgan fingerprint density at radius 1 is 1.19 bits per heavy atom. The van der Waals surface area contributed by atoms with Crippen LogP contribution in [0.1, 0.15) is 15.9 Å². The van der Waals surface area contributed by atoms with Gasteiger partial charge in [0.2, 0.25) is 10.0 Å². The van der Waals surface area contributed by atoms with Crippen molar-refractivity contribution in [2.24, 2.45) is 0 Å². The number of nitrogens with one attached hydrogen (secondary N) is 2. The van der Waals surface area contributed by atoms with Crippen molar-refractivity contribution >= 4 is 27.0 Å². The Bertz CT molecular complexity index is 1170. The van der Waals surface area contributed by atoms with Crippen molar-refractivity contribution in [1.82, 2.24) is 14.6 Å². The van der Waals surface area contributed by atoms with Crippen molar-refractivity contribution in [2.75, 3.05) is 13.1 Å². The molecule has 0 saturated carbocycles. The number of hydrogen-bond acceptors (Lipinski definition) is 5. The molecule has 0 spiro atoms. The topological polar surface area (TPSA) is 112 Å². The van der Waals surface area contributed by atoms with E-state index in [0.717, 1.165) is 5.56 Å². The lowest BCUT2D eigenvalue weighted by atomic mass is 10.1. The van der Waals surface area contributed by atoms with E-state index in [2.05, 4.69) is 9.71 Å². The lowest BCUT2D eigenvalue weighted by Gasteiger charge is -2.39. The van der Waals surface area contributed by atoms with Crippen LogP contribution < -0.4 is 10.5 Å². The Morgan fingerprint density at radius 3 is 2.59 bits per heavy atom. The summed E-state index contributed by atoms with van der Waals surface area (Å²) < 4.78 is 32.5. The Labute approximate surface area is 154 Å². The standard InChI is InChI=1S/C18H17N3O5S/c1-11-5-7-13(8-6-11)27(24,25)20-12-9-21(10-12)17(22)14-3-2-4-15-16(14)26-18(23)19-15/h2-8,12,20H,9-10H2,1H3,(H,19,23). The number of benzene rings is 2. The van der Waals surface area contributed by atoms with Crippen molar-refractivity contribution in [3.8, 4) is 0 Å². The van der Waals surface area contributed by atoms with Gasteiger partial charge in [-0.15, -0.1) is 0 Å². The highest BCUT2D eigenvalue weighted by Crippen LogP contribution is 2.21. The predicted molar refractivity (Wildman–Crippen MR) is 98.0 cm³/mol. The molecule has 2 aromatic carbocycles. The lowest BCUT2D eigenvalue weighted by Crippen LogP contribution is -2.60. The van der Waals surface area contributed by atoms with Crippen LogP contribution in [-0.4, -0.2) is 43.3 Å². The van der Waals surface area contributed by atoms with Crippen molar-refractivity contribution in [2.45, 2.75) is 17.9 Å². The van der Waals surface area contributed by atoms with E-state index in [0.29, 0.717) is 5.52 Å². The molecule has 4 rings (SSSR count). The number of oxazole rings is 1. The van der Waals surface area contributed by atoms with Crippen LogP contribution in [0.2, 0.25) is 0 Å². The molecule has 1 aromatic heterocycles. The second-order valence-corrected chi connectivity index (χ2v) is 8.25. The minimum atomic E-state index is -3.64. The first-order valence-corrected chi connectivity index (χ1v) is 9.82. The number of fused-ring (bicyclic) bond motifs is 1. The molecule has 9 heteroatoms. The number of carbonyl (C=O) groups is 1. The van der Waals surface area contributed by atoms with Gasteiger partial charge in [0.25, 0.3) is 5.91 Å². The number of aromatic nitrogens is 1. The van der Waals surface area contributed by atoms with Crippen LogP contribution in [0.5, 0.6) is 0 Å². The number of aromatic amines is 1. The molecule has 0 bridgehead atoms. The van der Waals surface area contributed by atoms with Crippen LogP contribution in [0.15, 0.2) is 56.6 Å². The molecule has 1 saturated heterocycles. The third-order valence-corrected chi connectivity index (χ3v) is 6.04. The van der Waals surface area contributed by atoms with E-state index >= 15 is 0 Å². The van der Waals surface area contributed by atoms with Crippen molar-refractivity contribution < 1.29 is 17.6 Å². The largest absolute Gasteiger partial charge is 0.417 e. The highest BCUT2D eigenvalue weighted by Gasteiger charge is 2.35. The fourth-order valence-corrected chi connectivity index (χ4v) is 4.25. The number of amides is 1. The van der Waals surface area contributed by atoms with E-state index in [1.54, 1.807) is 42.5 Å². The highest BCUT2D eigenvalue weighted by molar-refractivity contribution is 7.89. The van der Waals surface area contributed by atoms with E-state index in [4.69, 9.17) is 4.42 Å². The zero-order valence-electron chi connectivity index (χ0n) is 14.4. The third kappa shape index (κ3) is 3.26. The minimum absolute atomic E-state index is 0.191. The summed E-state index contributed by atoms with van der Waals surface area (Å²) in [7, 11) is -3.64. The molecule has 140 valence electrons. The number of nitrogens with zero attached hydrogens (tertiary/aromatic N) is 1. The fourth-order valence-electron chi connectivity index (χ4n) is 3.04. The zero-order valence-corrected chi connectivity index (χ0v) is 15.2. The van der Waals surface area contributed by atoms with Crippen LogP contribution in [0, 0.1) is 6.92 Å². The molecular formula is C18H17N3O5S. The first-order chi connectivity index (χ1) is 12.8. The Kier molecular flexibility index (Phi) is 4.12. The first kappa shape index (κ1) is 17.5. The molecule has 1 aliphatic rings. The summed E-state index contributed by atoms with van der Waals surface area (Å²) in [4.78, 5) is 28.2. The van der Waals surface area contributed by atoms with Crippen molar-refractivity contribution in [1.29, 1.82) is 0 Å². The summed E-state index contributed by atoms with van der Waals surface area (Å²) >= 11 is 0. The van der Waals surface area contributed by atoms with Gasteiger partial charge < -0.3 is 9.32 Å². The smallest absolute Gasteiger partial charge is 0.407 e. The van der Waals surface area contributed by atoms with Crippen LogP contribution >= 0.6 is 0 Å².